The summed E-state index contributed by atoms with van der Waals surface area (Å²) in [7, 11) is 0. The van der Waals surface area contributed by atoms with Gasteiger partial charge in [-0.1, -0.05) is 30.3 Å². The van der Waals surface area contributed by atoms with Crippen LogP contribution < -0.4 is 5.32 Å². The molecule has 0 saturated carbocycles. The standard InChI is InChI=1S/C16H20N2O4/c1-16(2,3)22-15(20)18-13(11-14(19)21-10-9-17)12-7-5-4-6-8-12/h4-8,13H,10-11H2,1-3H3,(H,18,20)/t13-/m1/s1. The van der Waals surface area contributed by atoms with Crippen molar-refractivity contribution in [3.63, 3.8) is 0 Å². The highest BCUT2D eigenvalue weighted by atomic mass is 16.6. The zero-order valence-electron chi connectivity index (χ0n) is 13.0. The van der Waals surface area contributed by atoms with E-state index in [1.807, 2.05) is 6.07 Å². The van der Waals surface area contributed by atoms with E-state index in [0.717, 1.165) is 5.56 Å². The number of rotatable bonds is 5. The normalized spacial score (nSPS) is 11.9. The van der Waals surface area contributed by atoms with Crippen molar-refractivity contribution in [3.8, 4) is 6.07 Å². The van der Waals surface area contributed by atoms with Gasteiger partial charge in [0.2, 0.25) is 0 Å². The summed E-state index contributed by atoms with van der Waals surface area (Å²) in [5.41, 5.74) is 0.120. The Hall–Kier alpha value is -2.55. The first-order valence-corrected chi connectivity index (χ1v) is 6.89. The molecule has 0 spiro atoms. The van der Waals surface area contributed by atoms with E-state index in [0.29, 0.717) is 0 Å². The minimum absolute atomic E-state index is 0.0784. The summed E-state index contributed by atoms with van der Waals surface area (Å²) in [5, 5.41) is 11.1. The molecule has 1 atom stereocenters. The van der Waals surface area contributed by atoms with Gasteiger partial charge in [0.1, 0.15) is 11.7 Å². The Bertz CT molecular complexity index is 544. The topological polar surface area (TPSA) is 88.4 Å². The summed E-state index contributed by atoms with van der Waals surface area (Å²) in [6.07, 6.45) is -0.695. The van der Waals surface area contributed by atoms with Crippen molar-refractivity contribution in [1.82, 2.24) is 5.32 Å². The van der Waals surface area contributed by atoms with E-state index in [1.165, 1.54) is 0 Å². The number of carbonyl (C=O) groups excluding carboxylic acids is 2. The second-order valence-corrected chi connectivity index (χ2v) is 5.63. The molecule has 0 aliphatic carbocycles. The molecule has 0 aliphatic rings. The molecule has 0 aromatic heterocycles. The lowest BCUT2D eigenvalue weighted by Gasteiger charge is -2.23. The van der Waals surface area contributed by atoms with Crippen LogP contribution in [0.4, 0.5) is 4.79 Å². The van der Waals surface area contributed by atoms with Crippen molar-refractivity contribution >= 4 is 12.1 Å². The van der Waals surface area contributed by atoms with Crippen LogP contribution in [0.1, 0.15) is 38.8 Å². The van der Waals surface area contributed by atoms with Gasteiger partial charge in [-0.25, -0.2) is 4.79 Å². The number of esters is 1. The average molecular weight is 304 g/mol. The van der Waals surface area contributed by atoms with Crippen molar-refractivity contribution < 1.29 is 19.1 Å². The monoisotopic (exact) mass is 304 g/mol. The molecular formula is C16H20N2O4. The maximum Gasteiger partial charge on any atom is 0.408 e. The zero-order valence-corrected chi connectivity index (χ0v) is 13.0. The number of nitriles is 1. The average Bonchev–Trinajstić information content (AvgIpc) is 2.43. The highest BCUT2D eigenvalue weighted by Gasteiger charge is 2.23. The van der Waals surface area contributed by atoms with E-state index < -0.39 is 23.7 Å². The molecule has 0 fully saturated rings. The van der Waals surface area contributed by atoms with E-state index in [4.69, 9.17) is 14.7 Å². The smallest absolute Gasteiger partial charge is 0.408 e. The maximum atomic E-state index is 11.9. The number of nitrogens with one attached hydrogen (secondary N) is 1. The van der Waals surface area contributed by atoms with Gasteiger partial charge in [0, 0.05) is 0 Å². The lowest BCUT2D eigenvalue weighted by molar-refractivity contribution is -0.142. The van der Waals surface area contributed by atoms with E-state index in [2.05, 4.69) is 5.32 Å². The summed E-state index contributed by atoms with van der Waals surface area (Å²) >= 11 is 0. The Labute approximate surface area is 130 Å². The highest BCUT2D eigenvalue weighted by molar-refractivity contribution is 5.73. The summed E-state index contributed by atoms with van der Waals surface area (Å²) in [6.45, 7) is 4.95. The van der Waals surface area contributed by atoms with E-state index in [9.17, 15) is 9.59 Å². The molecule has 118 valence electrons. The Morgan fingerprint density at radius 3 is 2.45 bits per heavy atom. The molecule has 6 nitrogen and oxygen atoms in total. The third kappa shape index (κ3) is 6.75. The van der Waals surface area contributed by atoms with Crippen LogP contribution in [-0.2, 0) is 14.3 Å². The number of benzene rings is 1. The molecule has 0 saturated heterocycles. The van der Waals surface area contributed by atoms with Crippen LogP contribution in [0.3, 0.4) is 0 Å². The zero-order chi connectivity index (χ0) is 16.6. The second kappa shape index (κ2) is 8.03. The summed E-state index contributed by atoms with van der Waals surface area (Å²) in [6, 6.07) is 10.2. The van der Waals surface area contributed by atoms with E-state index >= 15 is 0 Å². The van der Waals surface area contributed by atoms with Crippen LogP contribution in [0, 0.1) is 11.3 Å². The van der Waals surface area contributed by atoms with Crippen molar-refractivity contribution in [2.75, 3.05) is 6.61 Å². The summed E-state index contributed by atoms with van der Waals surface area (Å²) in [5.74, 6) is -0.563. The van der Waals surface area contributed by atoms with Crippen LogP contribution in [0.5, 0.6) is 0 Å². The van der Waals surface area contributed by atoms with Gasteiger partial charge in [-0.05, 0) is 26.3 Å². The lowest BCUT2D eigenvalue weighted by atomic mass is 10.0. The van der Waals surface area contributed by atoms with Crippen LogP contribution >= 0.6 is 0 Å². The first-order valence-electron chi connectivity index (χ1n) is 6.89. The molecule has 0 bridgehead atoms. The first-order chi connectivity index (χ1) is 10.3. The Morgan fingerprint density at radius 2 is 1.91 bits per heavy atom. The fraction of sp³-hybridized carbons (Fsp3) is 0.438. The summed E-state index contributed by atoms with van der Waals surface area (Å²) in [4.78, 5) is 23.6. The largest absolute Gasteiger partial charge is 0.450 e. The lowest BCUT2D eigenvalue weighted by Crippen LogP contribution is -2.36. The maximum absolute atomic E-state index is 11.9. The SMILES string of the molecule is CC(C)(C)OC(=O)N[C@H](CC(=O)OCC#N)c1ccccc1. The number of nitrogens with zero attached hydrogens (tertiary/aromatic N) is 1. The van der Waals surface area contributed by atoms with Gasteiger partial charge in [0.15, 0.2) is 6.61 Å². The number of carbonyl (C=O) groups is 2. The van der Waals surface area contributed by atoms with E-state index in [-0.39, 0.29) is 13.0 Å². The molecule has 1 N–H and O–H groups in total. The molecule has 0 radical (unpaired) electrons. The Morgan fingerprint density at radius 1 is 1.27 bits per heavy atom. The molecule has 1 rings (SSSR count). The molecular weight excluding hydrogens is 284 g/mol. The van der Waals surface area contributed by atoms with Gasteiger partial charge in [-0.15, -0.1) is 0 Å². The molecule has 6 heteroatoms. The molecule has 22 heavy (non-hydrogen) atoms. The quantitative estimate of drug-likeness (QED) is 0.845. The van der Waals surface area contributed by atoms with Crippen LogP contribution in [-0.4, -0.2) is 24.3 Å². The van der Waals surface area contributed by atoms with Gasteiger partial charge in [-0.3, -0.25) is 4.79 Å². The fourth-order valence-electron chi connectivity index (χ4n) is 1.73. The summed E-state index contributed by atoms with van der Waals surface area (Å²) < 4.78 is 9.93. The Kier molecular flexibility index (Phi) is 6.39. The number of hydrogen-bond donors (Lipinski definition) is 1. The molecule has 0 unspecified atom stereocenters. The minimum atomic E-state index is -0.632. The van der Waals surface area contributed by atoms with Crippen molar-refractivity contribution in [2.24, 2.45) is 0 Å². The van der Waals surface area contributed by atoms with Crippen molar-refractivity contribution in [3.05, 3.63) is 35.9 Å². The predicted molar refractivity (Wildman–Crippen MR) is 79.7 cm³/mol. The minimum Gasteiger partial charge on any atom is -0.450 e. The Balaban J connectivity index is 2.77. The van der Waals surface area contributed by atoms with Crippen LogP contribution in [0.15, 0.2) is 30.3 Å². The molecule has 1 amide bonds. The van der Waals surface area contributed by atoms with Crippen LogP contribution in [0.25, 0.3) is 0 Å². The van der Waals surface area contributed by atoms with Gasteiger partial charge in [0.25, 0.3) is 0 Å². The second-order valence-electron chi connectivity index (χ2n) is 5.63. The molecule has 1 aromatic rings. The van der Waals surface area contributed by atoms with Gasteiger partial charge < -0.3 is 14.8 Å². The van der Waals surface area contributed by atoms with Gasteiger partial charge in [-0.2, -0.15) is 5.26 Å². The third-order valence-electron chi connectivity index (χ3n) is 2.56. The first kappa shape index (κ1) is 17.5. The molecule has 0 aliphatic heterocycles. The van der Waals surface area contributed by atoms with Gasteiger partial charge in [0.05, 0.1) is 12.5 Å². The van der Waals surface area contributed by atoms with Gasteiger partial charge >= 0.3 is 12.1 Å². The predicted octanol–water partition coefficient (Wildman–Crippen LogP) is 2.71. The molecule has 1 aromatic carbocycles. The van der Waals surface area contributed by atoms with E-state index in [1.54, 1.807) is 51.1 Å². The number of alkyl carbamates (subject to hydrolysis) is 1. The molecule has 0 heterocycles. The number of hydrogen-bond acceptors (Lipinski definition) is 5. The number of ether oxygens (including phenoxy) is 2. The highest BCUT2D eigenvalue weighted by Crippen LogP contribution is 2.18. The van der Waals surface area contributed by atoms with Crippen molar-refractivity contribution in [1.29, 1.82) is 5.26 Å². The fourth-order valence-corrected chi connectivity index (χ4v) is 1.73. The van der Waals surface area contributed by atoms with Crippen LogP contribution in [0.2, 0.25) is 0 Å². The number of amides is 1. The third-order valence-corrected chi connectivity index (χ3v) is 2.56. The van der Waals surface area contributed by atoms with Crippen molar-refractivity contribution in [2.45, 2.75) is 38.8 Å².